The van der Waals surface area contributed by atoms with Gasteiger partial charge in [-0.1, -0.05) is 31.2 Å². The lowest BCUT2D eigenvalue weighted by atomic mass is 9.80. The van der Waals surface area contributed by atoms with Gasteiger partial charge in [0.25, 0.3) is 0 Å². The molecule has 2 aromatic carbocycles. The minimum Gasteiger partial charge on any atom is -0.495 e. The number of hydrogen-bond donors (Lipinski definition) is 4. The SMILES string of the molecule is C1NCC12COC2.CN.COc1cc(SC)ccc1NCC#Cc1cc2c(NC3CCCCC3)cccc2n1CC(F)(F)F. The average Bonchev–Trinajstić information content (AvgIpc) is 3.32. The van der Waals surface area contributed by atoms with Crippen LogP contribution in [-0.4, -0.2) is 70.0 Å². The predicted molar refractivity (Wildman–Crippen MR) is 175 cm³/mol. The number of ether oxygens (including phenoxy) is 2. The van der Waals surface area contributed by atoms with Crippen LogP contribution in [0.25, 0.3) is 10.9 Å². The lowest BCUT2D eigenvalue weighted by Crippen LogP contribution is -2.64. The fourth-order valence-corrected chi connectivity index (χ4v) is 6.05. The van der Waals surface area contributed by atoms with Crippen LogP contribution in [0.1, 0.15) is 37.8 Å². The number of fused-ring (bicyclic) bond motifs is 1. The third-order valence-corrected chi connectivity index (χ3v) is 8.78. The Morgan fingerprint density at radius 2 is 1.84 bits per heavy atom. The first kappa shape index (κ1) is 33.8. The third-order valence-electron chi connectivity index (χ3n) is 8.06. The van der Waals surface area contributed by atoms with Crippen LogP contribution in [0.5, 0.6) is 5.75 Å². The molecule has 3 fully saturated rings. The molecule has 1 aliphatic carbocycles. The molecule has 11 heteroatoms. The summed E-state index contributed by atoms with van der Waals surface area (Å²) < 4.78 is 52.1. The second-order valence-corrected chi connectivity index (χ2v) is 12.1. The molecular weight excluding hydrogens is 587 g/mol. The number of thioether (sulfide) groups is 1. The Labute approximate surface area is 262 Å². The van der Waals surface area contributed by atoms with Crippen LogP contribution in [0, 0.1) is 17.3 Å². The summed E-state index contributed by atoms with van der Waals surface area (Å²) in [4.78, 5) is 1.08. The van der Waals surface area contributed by atoms with E-state index in [0.717, 1.165) is 47.7 Å². The summed E-state index contributed by atoms with van der Waals surface area (Å²) in [6.07, 6.45) is 3.41. The molecule has 44 heavy (non-hydrogen) atoms. The van der Waals surface area contributed by atoms with Gasteiger partial charge in [-0.2, -0.15) is 13.2 Å². The molecule has 0 unspecified atom stereocenters. The maximum Gasteiger partial charge on any atom is 0.406 e. The third kappa shape index (κ3) is 8.78. The van der Waals surface area contributed by atoms with Crippen molar-refractivity contribution in [1.82, 2.24) is 9.88 Å². The van der Waals surface area contributed by atoms with Crippen molar-refractivity contribution in [2.75, 3.05) is 63.9 Å². The van der Waals surface area contributed by atoms with Crippen LogP contribution in [0.3, 0.4) is 0 Å². The van der Waals surface area contributed by atoms with Crippen molar-refractivity contribution in [3.8, 4) is 17.6 Å². The van der Waals surface area contributed by atoms with Crippen LogP contribution < -0.4 is 26.4 Å². The van der Waals surface area contributed by atoms with E-state index in [1.165, 1.54) is 44.0 Å². The lowest BCUT2D eigenvalue weighted by Gasteiger charge is -2.48. The average molecular weight is 632 g/mol. The van der Waals surface area contributed by atoms with Gasteiger partial charge in [-0.3, -0.25) is 0 Å². The number of anilines is 2. The summed E-state index contributed by atoms with van der Waals surface area (Å²) in [6.45, 7) is 3.57. The number of nitrogens with zero attached hydrogens (tertiary/aromatic N) is 1. The summed E-state index contributed by atoms with van der Waals surface area (Å²) in [5.74, 6) is 6.65. The number of aromatic nitrogens is 1. The molecule has 0 radical (unpaired) electrons. The van der Waals surface area contributed by atoms with Gasteiger partial charge >= 0.3 is 6.18 Å². The number of hydrogen-bond acceptors (Lipinski definition) is 7. The summed E-state index contributed by atoms with van der Waals surface area (Å²) in [7, 11) is 3.10. The molecular formula is C33H44F3N5O2S. The molecule has 3 heterocycles. The fourth-order valence-electron chi connectivity index (χ4n) is 5.62. The number of nitrogens with one attached hydrogen (secondary N) is 3. The topological polar surface area (TPSA) is 85.5 Å². The minimum atomic E-state index is -4.35. The molecule has 0 amide bonds. The Morgan fingerprint density at radius 1 is 1.09 bits per heavy atom. The Balaban J connectivity index is 0.000000419. The zero-order valence-corrected chi connectivity index (χ0v) is 26.6. The Morgan fingerprint density at radius 3 is 2.41 bits per heavy atom. The number of methoxy groups -OCH3 is 1. The first-order valence-electron chi connectivity index (χ1n) is 15.1. The highest BCUT2D eigenvalue weighted by molar-refractivity contribution is 7.98. The van der Waals surface area contributed by atoms with Gasteiger partial charge < -0.3 is 35.7 Å². The molecule has 0 atom stereocenters. The van der Waals surface area contributed by atoms with Gasteiger partial charge in [0.2, 0.25) is 0 Å². The predicted octanol–water partition coefficient (Wildman–Crippen LogP) is 6.32. The van der Waals surface area contributed by atoms with Gasteiger partial charge in [-0.25, -0.2) is 0 Å². The zero-order valence-electron chi connectivity index (χ0n) is 25.8. The number of alkyl halides is 3. The highest BCUT2D eigenvalue weighted by Gasteiger charge is 2.43. The summed E-state index contributed by atoms with van der Waals surface area (Å²) in [5, 5.41) is 10.8. The van der Waals surface area contributed by atoms with Crippen LogP contribution in [0.4, 0.5) is 24.5 Å². The van der Waals surface area contributed by atoms with Crippen LogP contribution >= 0.6 is 11.8 Å². The van der Waals surface area contributed by atoms with E-state index < -0.39 is 12.7 Å². The van der Waals surface area contributed by atoms with Gasteiger partial charge in [-0.15, -0.1) is 11.8 Å². The smallest absolute Gasteiger partial charge is 0.406 e. The molecule has 1 aromatic heterocycles. The van der Waals surface area contributed by atoms with Crippen molar-refractivity contribution in [3.63, 3.8) is 0 Å². The van der Waals surface area contributed by atoms with Crippen LogP contribution in [0.2, 0.25) is 0 Å². The first-order chi connectivity index (χ1) is 21.3. The quantitative estimate of drug-likeness (QED) is 0.179. The molecule has 6 rings (SSSR count). The van der Waals surface area contributed by atoms with E-state index in [2.05, 4.69) is 33.5 Å². The fraction of sp³-hybridized carbons (Fsp3) is 0.515. The van der Waals surface area contributed by atoms with Gasteiger partial charge in [-0.05, 0) is 68.5 Å². The first-order valence-corrected chi connectivity index (χ1v) is 16.3. The van der Waals surface area contributed by atoms with E-state index in [4.69, 9.17) is 9.47 Å². The molecule has 3 aromatic rings. The maximum absolute atomic E-state index is 13.4. The van der Waals surface area contributed by atoms with Crippen LogP contribution in [-0.2, 0) is 11.3 Å². The number of nitrogens with two attached hydrogens (primary N) is 1. The van der Waals surface area contributed by atoms with Crippen molar-refractivity contribution < 1.29 is 22.6 Å². The number of halogens is 3. The standard InChI is InChI=1S/C27H30F3N3OS.C5H9NO.CH5N/c1-34-26-17-21(35-2)13-14-24(26)31-15-7-10-20-16-22-23(32-19-8-4-3-5-9-19)11-6-12-25(22)33(20)18-27(28,29)30;1-5(2-6-1)3-7-4-5;1-2/h6,11-14,16-17,19,31-32H,3-5,8-9,15,18H2,1-2H3;6H,1-4H2;2H2,1H3. The minimum absolute atomic E-state index is 0.274. The van der Waals surface area contributed by atoms with Crippen molar-refractivity contribution in [3.05, 3.63) is 48.2 Å². The Hall–Kier alpha value is -3.04. The summed E-state index contributed by atoms with van der Waals surface area (Å²) >= 11 is 1.62. The molecule has 0 bridgehead atoms. The van der Waals surface area contributed by atoms with E-state index in [-0.39, 0.29) is 6.54 Å². The largest absolute Gasteiger partial charge is 0.495 e. The Bertz CT molecular complexity index is 1400. The second-order valence-electron chi connectivity index (χ2n) is 11.3. The Kier molecular flexibility index (Phi) is 12.2. The van der Waals surface area contributed by atoms with Gasteiger partial charge in [0.05, 0.1) is 43.8 Å². The van der Waals surface area contributed by atoms with Crippen molar-refractivity contribution >= 4 is 34.0 Å². The highest BCUT2D eigenvalue weighted by atomic mass is 32.2. The van der Waals surface area contributed by atoms with E-state index in [0.29, 0.717) is 28.4 Å². The molecule has 240 valence electrons. The van der Waals surface area contributed by atoms with E-state index in [1.54, 1.807) is 31.0 Å². The normalized spacial score (nSPS) is 17.1. The molecule has 3 aliphatic rings. The molecule has 5 N–H and O–H groups in total. The molecule has 1 saturated carbocycles. The van der Waals surface area contributed by atoms with Gasteiger partial charge in [0.1, 0.15) is 12.3 Å². The molecule has 2 aliphatic heterocycles. The van der Waals surface area contributed by atoms with Gasteiger partial charge in [0.15, 0.2) is 0 Å². The van der Waals surface area contributed by atoms with E-state index in [1.807, 2.05) is 36.6 Å². The van der Waals surface area contributed by atoms with Crippen molar-refractivity contribution in [1.29, 1.82) is 0 Å². The monoisotopic (exact) mass is 631 g/mol. The highest BCUT2D eigenvalue weighted by Crippen LogP contribution is 2.33. The van der Waals surface area contributed by atoms with Crippen molar-refractivity contribution in [2.45, 2.75) is 55.8 Å². The van der Waals surface area contributed by atoms with E-state index in [9.17, 15) is 13.2 Å². The summed E-state index contributed by atoms with van der Waals surface area (Å²) in [6, 6.07) is 13.4. The van der Waals surface area contributed by atoms with Crippen molar-refractivity contribution in [2.24, 2.45) is 11.1 Å². The van der Waals surface area contributed by atoms with Gasteiger partial charge in [0, 0.05) is 40.5 Å². The zero-order chi connectivity index (χ0) is 31.6. The number of benzene rings is 2. The lowest BCUT2D eigenvalue weighted by molar-refractivity contribution is -0.140. The molecule has 2 saturated heterocycles. The number of rotatable bonds is 7. The van der Waals surface area contributed by atoms with E-state index >= 15 is 0 Å². The second kappa shape index (κ2) is 15.8. The maximum atomic E-state index is 13.4. The van der Waals surface area contributed by atoms with Crippen LogP contribution in [0.15, 0.2) is 47.4 Å². The summed E-state index contributed by atoms with van der Waals surface area (Å²) in [5.41, 5.74) is 7.65. The molecule has 1 spiro atoms. The molecule has 7 nitrogen and oxygen atoms in total.